The summed E-state index contributed by atoms with van der Waals surface area (Å²) in [6, 6.07) is 17.8. The quantitative estimate of drug-likeness (QED) is 0.461. The van der Waals surface area contributed by atoms with E-state index in [0.717, 1.165) is 22.7 Å². The van der Waals surface area contributed by atoms with Gasteiger partial charge < -0.3 is 9.80 Å². The monoisotopic (exact) mass is 441 g/mol. The molecule has 0 fully saturated rings. The summed E-state index contributed by atoms with van der Waals surface area (Å²) < 4.78 is 0. The lowest BCUT2D eigenvalue weighted by Gasteiger charge is -2.35. The topological polar surface area (TPSA) is 48.1 Å². The van der Waals surface area contributed by atoms with Gasteiger partial charge in [0, 0.05) is 68.9 Å². The summed E-state index contributed by atoms with van der Waals surface area (Å²) in [6.45, 7) is 0. The molecule has 1 aliphatic carbocycles. The minimum absolute atomic E-state index is 0.264. The number of aromatic nitrogens is 3. The molecule has 0 atom stereocenters. The van der Waals surface area contributed by atoms with Gasteiger partial charge in [-0.15, -0.1) is 11.3 Å². The number of H-pyrrole nitrogens is 1. The van der Waals surface area contributed by atoms with E-state index < -0.39 is 0 Å². The van der Waals surface area contributed by atoms with Crippen molar-refractivity contribution in [2.45, 2.75) is 11.8 Å². The lowest BCUT2D eigenvalue weighted by Crippen LogP contribution is -2.30. The van der Waals surface area contributed by atoms with E-state index in [1.807, 2.05) is 11.7 Å². The molecule has 2 aromatic carbocycles. The summed E-state index contributed by atoms with van der Waals surface area (Å²) in [5.74, 6) is 0. The van der Waals surface area contributed by atoms with Gasteiger partial charge in [0.1, 0.15) is 5.69 Å². The molecule has 0 amide bonds. The van der Waals surface area contributed by atoms with E-state index in [9.17, 15) is 0 Å². The van der Waals surface area contributed by atoms with Crippen LogP contribution in [0, 0.1) is 0 Å². The number of rotatable bonds is 5. The van der Waals surface area contributed by atoms with Crippen molar-refractivity contribution in [1.82, 2.24) is 15.2 Å². The number of nitrogens with one attached hydrogen (secondary N) is 1. The Balaban J connectivity index is 1.62. The van der Waals surface area contributed by atoms with Crippen molar-refractivity contribution < 1.29 is 0 Å². The third kappa shape index (κ3) is 3.41. The van der Waals surface area contributed by atoms with Gasteiger partial charge in [-0.1, -0.05) is 36.4 Å². The van der Waals surface area contributed by atoms with Gasteiger partial charge in [-0.3, -0.25) is 10.1 Å². The minimum atomic E-state index is -0.264. The zero-order chi connectivity index (χ0) is 22.3. The summed E-state index contributed by atoms with van der Waals surface area (Å²) >= 11 is 1.62. The van der Waals surface area contributed by atoms with E-state index in [4.69, 9.17) is 0 Å². The highest BCUT2D eigenvalue weighted by atomic mass is 32.1. The number of hydrogen-bond acceptors (Lipinski definition) is 5. The predicted octanol–water partition coefficient (Wildman–Crippen LogP) is 5.22. The maximum absolute atomic E-state index is 4.65. The Kier molecular flexibility index (Phi) is 5.10. The fraction of sp³-hybridized carbons (Fsp3) is 0.231. The first-order chi connectivity index (χ1) is 15.5. The van der Waals surface area contributed by atoms with Crippen LogP contribution in [0.3, 0.4) is 0 Å². The molecule has 0 saturated heterocycles. The molecule has 0 saturated carbocycles. The zero-order valence-electron chi connectivity index (χ0n) is 18.8. The molecular weight excluding hydrogens is 414 g/mol. The lowest BCUT2D eigenvalue weighted by molar-refractivity contribution is 0.620. The number of benzene rings is 2. The van der Waals surface area contributed by atoms with Gasteiger partial charge in [0.15, 0.2) is 0 Å². The highest BCUT2D eigenvalue weighted by Gasteiger charge is 2.36. The first-order valence-corrected chi connectivity index (χ1v) is 11.6. The number of allylic oxidation sites excluding steroid dienone is 1. The van der Waals surface area contributed by atoms with Gasteiger partial charge in [-0.25, -0.2) is 0 Å². The molecule has 32 heavy (non-hydrogen) atoms. The number of fused-ring (bicyclic) bond motifs is 1. The number of aromatic amines is 1. The number of hydrogen-bond donors (Lipinski definition) is 1. The van der Waals surface area contributed by atoms with Crippen molar-refractivity contribution in [3.05, 3.63) is 88.7 Å². The fourth-order valence-corrected chi connectivity index (χ4v) is 5.09. The van der Waals surface area contributed by atoms with Gasteiger partial charge in [-0.2, -0.15) is 5.10 Å². The average molecular weight is 442 g/mol. The van der Waals surface area contributed by atoms with Crippen LogP contribution in [0.25, 0.3) is 16.6 Å². The Morgan fingerprint density at radius 3 is 1.97 bits per heavy atom. The SMILES string of the molecule is CN(C)c1ccc(C2(c3ccc(N(C)C)cc3)C=Cc3c(-c4cncs4)n[nH]c3C2)cc1. The highest BCUT2D eigenvalue weighted by molar-refractivity contribution is 7.13. The van der Waals surface area contributed by atoms with Crippen molar-refractivity contribution in [3.8, 4) is 10.6 Å². The Morgan fingerprint density at radius 2 is 1.47 bits per heavy atom. The number of thiazole rings is 1. The molecule has 0 spiro atoms. The third-order valence-electron chi connectivity index (χ3n) is 6.34. The maximum Gasteiger partial charge on any atom is 0.111 e. The molecule has 5 rings (SSSR count). The summed E-state index contributed by atoms with van der Waals surface area (Å²) in [4.78, 5) is 9.58. The van der Waals surface area contributed by atoms with Gasteiger partial charge in [0.25, 0.3) is 0 Å². The second-order valence-corrected chi connectivity index (χ2v) is 9.58. The van der Waals surface area contributed by atoms with Gasteiger partial charge in [0.05, 0.1) is 10.4 Å². The molecule has 5 nitrogen and oxygen atoms in total. The molecule has 4 aromatic rings. The largest absolute Gasteiger partial charge is 0.378 e. The Bertz CT molecular complexity index is 1180. The smallest absolute Gasteiger partial charge is 0.111 e. The van der Waals surface area contributed by atoms with E-state index >= 15 is 0 Å². The molecule has 0 aliphatic heterocycles. The Labute approximate surface area is 193 Å². The minimum Gasteiger partial charge on any atom is -0.378 e. The molecule has 0 bridgehead atoms. The van der Waals surface area contributed by atoms with Crippen LogP contribution in [0.2, 0.25) is 0 Å². The van der Waals surface area contributed by atoms with Crippen LogP contribution in [-0.2, 0) is 11.8 Å². The normalized spacial score (nSPS) is 14.2. The van der Waals surface area contributed by atoms with Crippen LogP contribution >= 0.6 is 11.3 Å². The van der Waals surface area contributed by atoms with Crippen molar-refractivity contribution >= 4 is 28.8 Å². The zero-order valence-corrected chi connectivity index (χ0v) is 19.6. The van der Waals surface area contributed by atoms with Crippen LogP contribution in [0.5, 0.6) is 0 Å². The van der Waals surface area contributed by atoms with E-state index in [-0.39, 0.29) is 5.41 Å². The predicted molar refractivity (Wildman–Crippen MR) is 135 cm³/mol. The third-order valence-corrected chi connectivity index (χ3v) is 7.12. The Hall–Kier alpha value is -3.38. The highest BCUT2D eigenvalue weighted by Crippen LogP contribution is 2.44. The lowest BCUT2D eigenvalue weighted by atomic mass is 9.68. The molecule has 0 unspecified atom stereocenters. The van der Waals surface area contributed by atoms with Crippen molar-refractivity contribution in [1.29, 1.82) is 0 Å². The van der Waals surface area contributed by atoms with E-state index in [1.54, 1.807) is 11.3 Å². The molecule has 1 N–H and O–H groups in total. The standard InChI is InChI=1S/C26H27N5S/c1-30(2)20-9-5-18(6-10-20)26(19-7-11-21(12-8-19)31(3)4)14-13-22-23(15-26)28-29-25(22)24-16-27-17-32-24/h5-14,16-17H,15H2,1-4H3,(H,28,29). The van der Waals surface area contributed by atoms with Crippen LogP contribution in [-0.4, -0.2) is 43.4 Å². The molecule has 1 aliphatic rings. The van der Waals surface area contributed by atoms with Crippen molar-refractivity contribution in [2.75, 3.05) is 38.0 Å². The second kappa shape index (κ2) is 7.95. The maximum atomic E-state index is 4.65. The van der Waals surface area contributed by atoms with E-state index in [1.165, 1.54) is 28.1 Å². The van der Waals surface area contributed by atoms with Crippen LogP contribution in [0.4, 0.5) is 11.4 Å². The number of nitrogens with zero attached hydrogens (tertiary/aromatic N) is 4. The molecule has 0 radical (unpaired) electrons. The van der Waals surface area contributed by atoms with E-state index in [2.05, 4.69) is 114 Å². The number of anilines is 2. The summed E-state index contributed by atoms with van der Waals surface area (Å²) in [5, 5.41) is 7.98. The van der Waals surface area contributed by atoms with Gasteiger partial charge >= 0.3 is 0 Å². The van der Waals surface area contributed by atoms with E-state index in [0.29, 0.717) is 0 Å². The molecule has 162 valence electrons. The van der Waals surface area contributed by atoms with Crippen molar-refractivity contribution in [3.63, 3.8) is 0 Å². The molecule has 2 aromatic heterocycles. The fourth-order valence-electron chi connectivity index (χ4n) is 4.46. The van der Waals surface area contributed by atoms with Crippen LogP contribution < -0.4 is 9.80 Å². The first kappa shape index (κ1) is 20.5. The summed E-state index contributed by atoms with van der Waals surface area (Å²) in [7, 11) is 8.29. The molecule has 6 heteroatoms. The molecule has 2 heterocycles. The first-order valence-electron chi connectivity index (χ1n) is 10.7. The molecular formula is C26H27N5S. The average Bonchev–Trinajstić information content (AvgIpc) is 3.48. The Morgan fingerprint density at radius 1 is 0.875 bits per heavy atom. The summed E-state index contributed by atoms with van der Waals surface area (Å²) in [5.41, 5.74) is 9.84. The van der Waals surface area contributed by atoms with Crippen molar-refractivity contribution in [2.24, 2.45) is 0 Å². The van der Waals surface area contributed by atoms with Crippen LogP contribution in [0.1, 0.15) is 22.4 Å². The van der Waals surface area contributed by atoms with Gasteiger partial charge in [-0.05, 0) is 35.4 Å². The summed E-state index contributed by atoms with van der Waals surface area (Å²) in [6.07, 6.45) is 7.30. The van der Waals surface area contributed by atoms with Crippen LogP contribution in [0.15, 0.2) is 66.3 Å². The second-order valence-electron chi connectivity index (χ2n) is 8.69. The van der Waals surface area contributed by atoms with Gasteiger partial charge in [0.2, 0.25) is 0 Å².